The fourth-order valence-electron chi connectivity index (χ4n) is 1.22. The lowest BCUT2D eigenvalue weighted by molar-refractivity contribution is -0.0328. The molecular weight excluding hydrogens is 223 g/mol. The molecule has 0 aromatic heterocycles. The molecule has 1 aromatic rings. The molecule has 0 unspecified atom stereocenters. The monoisotopic (exact) mass is 233 g/mol. The highest BCUT2D eigenvalue weighted by atomic mass is 32.2. The second kappa shape index (κ2) is 3.96. The van der Waals surface area contributed by atoms with Crippen LogP contribution in [0.25, 0.3) is 0 Å². The molecule has 0 spiro atoms. The lowest BCUT2D eigenvalue weighted by atomic mass is 10.3. The number of thioether (sulfide) groups is 1. The fourth-order valence-corrected chi connectivity index (χ4v) is 1.76. The van der Waals surface area contributed by atoms with Crippen molar-refractivity contribution in [1.82, 2.24) is 0 Å². The molecule has 0 saturated heterocycles. The van der Waals surface area contributed by atoms with Gasteiger partial charge in [-0.25, -0.2) is 0 Å². The number of nitrogens with one attached hydrogen (secondary N) is 1. The maximum Gasteiger partial charge on any atom is 0.446 e. The van der Waals surface area contributed by atoms with Crippen molar-refractivity contribution in [2.45, 2.75) is 29.3 Å². The summed E-state index contributed by atoms with van der Waals surface area (Å²) in [6, 6.07) is 6.87. The van der Waals surface area contributed by atoms with Gasteiger partial charge in [-0.1, -0.05) is 0 Å². The molecule has 0 radical (unpaired) electrons. The van der Waals surface area contributed by atoms with Crippen LogP contribution < -0.4 is 5.32 Å². The second-order valence-corrected chi connectivity index (χ2v) is 4.63. The highest BCUT2D eigenvalue weighted by molar-refractivity contribution is 8.00. The van der Waals surface area contributed by atoms with E-state index in [1.54, 1.807) is 12.1 Å². The van der Waals surface area contributed by atoms with Crippen molar-refractivity contribution in [3.05, 3.63) is 24.3 Å². The maximum absolute atomic E-state index is 12.0. The van der Waals surface area contributed by atoms with Gasteiger partial charge in [-0.2, -0.15) is 13.2 Å². The number of hydrogen-bond donors (Lipinski definition) is 1. The Labute approximate surface area is 90.1 Å². The SMILES string of the molecule is FC(F)(F)Sc1ccc(NC2CC2)cc1. The first-order valence-corrected chi connectivity index (χ1v) is 5.47. The van der Waals surface area contributed by atoms with Gasteiger partial charge in [0.2, 0.25) is 0 Å². The van der Waals surface area contributed by atoms with E-state index >= 15 is 0 Å². The number of anilines is 1. The minimum absolute atomic E-state index is 0.0838. The van der Waals surface area contributed by atoms with Gasteiger partial charge in [-0.3, -0.25) is 0 Å². The van der Waals surface area contributed by atoms with Gasteiger partial charge in [0.25, 0.3) is 0 Å². The number of hydrogen-bond acceptors (Lipinski definition) is 2. The van der Waals surface area contributed by atoms with Crippen LogP contribution in [0.3, 0.4) is 0 Å². The van der Waals surface area contributed by atoms with Gasteiger partial charge in [0.1, 0.15) is 0 Å². The molecule has 1 aliphatic carbocycles. The topological polar surface area (TPSA) is 12.0 Å². The van der Waals surface area contributed by atoms with E-state index in [4.69, 9.17) is 0 Å². The van der Waals surface area contributed by atoms with Crippen LogP contribution >= 0.6 is 11.8 Å². The highest BCUT2D eigenvalue weighted by Gasteiger charge is 2.29. The quantitative estimate of drug-likeness (QED) is 0.795. The van der Waals surface area contributed by atoms with E-state index in [1.165, 1.54) is 12.1 Å². The molecule has 1 saturated carbocycles. The van der Waals surface area contributed by atoms with Crippen molar-refractivity contribution in [2.75, 3.05) is 5.32 Å². The van der Waals surface area contributed by atoms with E-state index in [-0.39, 0.29) is 16.7 Å². The van der Waals surface area contributed by atoms with Crippen molar-refractivity contribution in [3.63, 3.8) is 0 Å². The molecular formula is C10H10F3NS. The minimum Gasteiger partial charge on any atom is -0.382 e. The molecule has 82 valence electrons. The molecule has 0 heterocycles. The standard InChI is InChI=1S/C10H10F3NS/c11-10(12,13)15-9-5-3-8(4-6-9)14-7-1-2-7/h3-7,14H,1-2H2. The second-order valence-electron chi connectivity index (χ2n) is 3.49. The Morgan fingerprint density at radius 2 is 1.73 bits per heavy atom. The summed E-state index contributed by atoms with van der Waals surface area (Å²) in [5.74, 6) is 0. The first-order valence-electron chi connectivity index (χ1n) is 4.65. The van der Waals surface area contributed by atoms with Gasteiger partial charge in [-0.05, 0) is 48.9 Å². The Balaban J connectivity index is 1.96. The zero-order chi connectivity index (χ0) is 10.9. The van der Waals surface area contributed by atoms with Crippen LogP contribution in [0.5, 0.6) is 0 Å². The third kappa shape index (κ3) is 3.66. The molecule has 0 atom stereocenters. The Kier molecular flexibility index (Phi) is 2.82. The molecule has 15 heavy (non-hydrogen) atoms. The minimum atomic E-state index is -4.20. The summed E-state index contributed by atoms with van der Waals surface area (Å²) in [7, 11) is 0. The molecule has 0 aliphatic heterocycles. The molecule has 5 heteroatoms. The van der Waals surface area contributed by atoms with Gasteiger partial charge in [-0.15, -0.1) is 0 Å². The average molecular weight is 233 g/mol. The summed E-state index contributed by atoms with van der Waals surface area (Å²) in [6.45, 7) is 0. The first-order chi connectivity index (χ1) is 7.03. The van der Waals surface area contributed by atoms with Gasteiger partial charge in [0, 0.05) is 16.6 Å². The van der Waals surface area contributed by atoms with Crippen LogP contribution in [-0.2, 0) is 0 Å². The summed E-state index contributed by atoms with van der Waals surface area (Å²) in [5.41, 5.74) is -3.31. The van der Waals surface area contributed by atoms with Crippen molar-refractivity contribution in [2.24, 2.45) is 0 Å². The maximum atomic E-state index is 12.0. The van der Waals surface area contributed by atoms with Crippen LogP contribution in [-0.4, -0.2) is 11.6 Å². The highest BCUT2D eigenvalue weighted by Crippen LogP contribution is 2.37. The number of benzene rings is 1. The third-order valence-electron chi connectivity index (χ3n) is 2.04. The van der Waals surface area contributed by atoms with Crippen molar-refractivity contribution in [3.8, 4) is 0 Å². The lowest BCUT2D eigenvalue weighted by Crippen LogP contribution is -2.01. The van der Waals surface area contributed by atoms with E-state index < -0.39 is 5.51 Å². The predicted molar refractivity (Wildman–Crippen MR) is 55.0 cm³/mol. The summed E-state index contributed by atoms with van der Waals surface area (Å²) >= 11 is -0.0838. The molecule has 1 N–H and O–H groups in total. The normalized spacial score (nSPS) is 16.5. The van der Waals surface area contributed by atoms with E-state index in [9.17, 15) is 13.2 Å². The zero-order valence-electron chi connectivity index (χ0n) is 7.84. The third-order valence-corrected chi connectivity index (χ3v) is 2.78. The van der Waals surface area contributed by atoms with Crippen molar-refractivity contribution >= 4 is 17.4 Å². The van der Waals surface area contributed by atoms with Crippen LogP contribution in [0, 0.1) is 0 Å². The Morgan fingerprint density at radius 1 is 1.13 bits per heavy atom. The van der Waals surface area contributed by atoms with E-state index in [0.29, 0.717) is 6.04 Å². The summed E-state index contributed by atoms with van der Waals surface area (Å²) in [5, 5.41) is 3.22. The number of alkyl halides is 3. The average Bonchev–Trinajstić information content (AvgIpc) is 2.90. The van der Waals surface area contributed by atoms with Crippen LogP contribution in [0.2, 0.25) is 0 Å². The largest absolute Gasteiger partial charge is 0.446 e. The molecule has 1 fully saturated rings. The molecule has 0 bridgehead atoms. The Hall–Kier alpha value is -0.840. The van der Waals surface area contributed by atoms with E-state index in [2.05, 4.69) is 5.32 Å². The fraction of sp³-hybridized carbons (Fsp3) is 0.400. The smallest absolute Gasteiger partial charge is 0.382 e. The van der Waals surface area contributed by atoms with E-state index in [1.807, 2.05) is 0 Å². The first kappa shape index (κ1) is 10.7. The van der Waals surface area contributed by atoms with Gasteiger partial charge >= 0.3 is 5.51 Å². The predicted octanol–water partition coefficient (Wildman–Crippen LogP) is 3.87. The molecule has 1 aliphatic rings. The van der Waals surface area contributed by atoms with Crippen molar-refractivity contribution in [1.29, 1.82) is 0 Å². The summed E-state index contributed by atoms with van der Waals surface area (Å²) in [4.78, 5) is 0.226. The lowest BCUT2D eigenvalue weighted by Gasteiger charge is -2.07. The van der Waals surface area contributed by atoms with Gasteiger partial charge < -0.3 is 5.32 Å². The molecule has 2 rings (SSSR count). The van der Waals surface area contributed by atoms with Crippen LogP contribution in [0.4, 0.5) is 18.9 Å². The van der Waals surface area contributed by atoms with Crippen LogP contribution in [0.15, 0.2) is 29.2 Å². The molecule has 1 nitrogen and oxygen atoms in total. The van der Waals surface area contributed by atoms with Crippen molar-refractivity contribution < 1.29 is 13.2 Å². The number of halogens is 3. The van der Waals surface area contributed by atoms with Crippen LogP contribution in [0.1, 0.15) is 12.8 Å². The zero-order valence-corrected chi connectivity index (χ0v) is 8.66. The summed E-state index contributed by atoms with van der Waals surface area (Å²) < 4.78 is 36.0. The van der Waals surface area contributed by atoms with Gasteiger partial charge in [0.15, 0.2) is 0 Å². The summed E-state index contributed by atoms with van der Waals surface area (Å²) in [6.07, 6.45) is 2.30. The Morgan fingerprint density at radius 3 is 2.20 bits per heavy atom. The van der Waals surface area contributed by atoms with Gasteiger partial charge in [0.05, 0.1) is 0 Å². The molecule has 0 amide bonds. The van der Waals surface area contributed by atoms with E-state index in [0.717, 1.165) is 18.5 Å². The Bertz CT molecular complexity index is 330. The molecule has 1 aromatic carbocycles. The number of rotatable bonds is 3.